The Morgan fingerprint density at radius 1 is 1.04 bits per heavy atom. The normalized spacial score (nSPS) is 11.1. The van der Waals surface area contributed by atoms with E-state index >= 15 is 0 Å². The van der Waals surface area contributed by atoms with Crippen molar-refractivity contribution in [2.75, 3.05) is 12.3 Å². The summed E-state index contributed by atoms with van der Waals surface area (Å²) < 4.78 is 5.21. The molecule has 3 heteroatoms. The Balaban J connectivity index is 2.04. The van der Waals surface area contributed by atoms with E-state index in [1.165, 1.54) is 6.08 Å². The van der Waals surface area contributed by atoms with Gasteiger partial charge in [0.2, 0.25) is 0 Å². The van der Waals surface area contributed by atoms with Crippen molar-refractivity contribution in [2.24, 2.45) is 0 Å². The number of benzene rings is 3. The summed E-state index contributed by atoms with van der Waals surface area (Å²) in [7, 11) is 0. The van der Waals surface area contributed by atoms with E-state index in [1.54, 1.807) is 0 Å². The minimum atomic E-state index is -0.321. The average Bonchev–Trinajstić information content (AvgIpc) is 2.67. The molecule has 0 aliphatic carbocycles. The van der Waals surface area contributed by atoms with E-state index in [0.29, 0.717) is 12.3 Å². The van der Waals surface area contributed by atoms with Gasteiger partial charge < -0.3 is 10.5 Å². The highest BCUT2D eigenvalue weighted by Crippen LogP contribution is 2.36. The molecule has 3 nitrogen and oxygen atoms in total. The lowest BCUT2D eigenvalue weighted by molar-refractivity contribution is -0.137. The van der Waals surface area contributed by atoms with E-state index in [0.717, 1.165) is 40.3 Å². The van der Waals surface area contributed by atoms with Gasteiger partial charge in [0.05, 0.1) is 6.61 Å². The van der Waals surface area contributed by atoms with Crippen LogP contribution in [0.2, 0.25) is 0 Å². The van der Waals surface area contributed by atoms with Gasteiger partial charge in [0, 0.05) is 17.3 Å². The van der Waals surface area contributed by atoms with Crippen molar-refractivity contribution >= 4 is 28.5 Å². The number of carbonyl (C=O) groups is 1. The summed E-state index contributed by atoms with van der Waals surface area (Å²) >= 11 is 0. The number of nitrogens with two attached hydrogens (primary N) is 1. The van der Waals surface area contributed by atoms with Crippen molar-refractivity contribution in [1.29, 1.82) is 0 Å². The number of esters is 1. The molecule has 0 fully saturated rings. The van der Waals surface area contributed by atoms with Crippen LogP contribution in [0.1, 0.15) is 25.3 Å². The fraction of sp³-hybridized carbons (Fsp3) is 0.174. The average molecular weight is 345 g/mol. The van der Waals surface area contributed by atoms with Crippen LogP contribution in [0.3, 0.4) is 0 Å². The summed E-state index contributed by atoms with van der Waals surface area (Å²) in [5.74, 6) is -0.321. The van der Waals surface area contributed by atoms with Crippen LogP contribution in [0.25, 0.3) is 28.0 Å². The number of fused-ring (bicyclic) bond motifs is 1. The molecule has 0 saturated carbocycles. The third-order valence-corrected chi connectivity index (χ3v) is 4.33. The molecule has 3 rings (SSSR count). The first-order chi connectivity index (χ1) is 12.7. The minimum absolute atomic E-state index is 0.321. The lowest BCUT2D eigenvalue weighted by Crippen LogP contribution is -2.01. The molecule has 0 spiro atoms. The highest BCUT2D eigenvalue weighted by Gasteiger charge is 2.11. The summed E-state index contributed by atoms with van der Waals surface area (Å²) in [6.45, 7) is 2.52. The third-order valence-electron chi connectivity index (χ3n) is 4.33. The molecule has 0 amide bonds. The Kier molecular flexibility index (Phi) is 5.69. The Morgan fingerprint density at radius 2 is 1.81 bits per heavy atom. The van der Waals surface area contributed by atoms with Gasteiger partial charge in [0.25, 0.3) is 0 Å². The molecule has 0 aliphatic rings. The summed E-state index contributed by atoms with van der Waals surface area (Å²) in [5, 5.41) is 2.24. The van der Waals surface area contributed by atoms with Crippen molar-refractivity contribution in [2.45, 2.75) is 19.8 Å². The molecule has 0 aromatic heterocycles. The highest BCUT2D eigenvalue weighted by atomic mass is 16.5. The molecule has 132 valence electrons. The number of unbranched alkanes of at least 4 members (excludes halogenated alkanes) is 1. The number of para-hydroxylation sites is 1. The van der Waals surface area contributed by atoms with Crippen LogP contribution in [0, 0.1) is 0 Å². The molecule has 0 radical (unpaired) electrons. The second-order valence-electron chi connectivity index (χ2n) is 6.19. The quantitative estimate of drug-likeness (QED) is 0.280. The van der Waals surface area contributed by atoms with Crippen LogP contribution in [-0.4, -0.2) is 12.6 Å². The van der Waals surface area contributed by atoms with Gasteiger partial charge in [-0.1, -0.05) is 67.9 Å². The van der Waals surface area contributed by atoms with Gasteiger partial charge in [-0.3, -0.25) is 0 Å². The summed E-state index contributed by atoms with van der Waals surface area (Å²) in [4.78, 5) is 11.9. The first kappa shape index (κ1) is 17.7. The maximum Gasteiger partial charge on any atom is 0.330 e. The number of hydrogen-bond acceptors (Lipinski definition) is 3. The van der Waals surface area contributed by atoms with Crippen LogP contribution < -0.4 is 5.73 Å². The van der Waals surface area contributed by atoms with E-state index in [1.807, 2.05) is 48.5 Å². The number of ether oxygens (including phenoxy) is 1. The van der Waals surface area contributed by atoms with Crippen molar-refractivity contribution in [1.82, 2.24) is 0 Å². The molecule has 0 saturated heterocycles. The summed E-state index contributed by atoms with van der Waals surface area (Å²) in [6.07, 6.45) is 5.17. The summed E-state index contributed by atoms with van der Waals surface area (Å²) in [5.41, 5.74) is 9.87. The van der Waals surface area contributed by atoms with Crippen molar-refractivity contribution < 1.29 is 9.53 Å². The predicted octanol–water partition coefficient (Wildman–Crippen LogP) is 5.45. The van der Waals surface area contributed by atoms with Gasteiger partial charge in [-0.25, -0.2) is 4.79 Å². The first-order valence-electron chi connectivity index (χ1n) is 8.92. The molecule has 0 unspecified atom stereocenters. The lowest BCUT2D eigenvalue weighted by Gasteiger charge is -2.13. The molecule has 0 atom stereocenters. The standard InChI is InChI=1S/C23H23NO2/c1-2-3-16-26-22(25)15-14-18-13-12-17-8-4-5-9-19(17)23(18)20-10-6-7-11-21(20)24/h4-15H,2-3,16,24H2,1H3/b15-14+. The lowest BCUT2D eigenvalue weighted by atomic mass is 9.92. The summed E-state index contributed by atoms with van der Waals surface area (Å²) in [6, 6.07) is 20.0. The molecule has 3 aromatic carbocycles. The zero-order valence-corrected chi connectivity index (χ0v) is 14.9. The van der Waals surface area contributed by atoms with Crippen molar-refractivity contribution in [3.8, 4) is 11.1 Å². The number of rotatable bonds is 6. The maximum absolute atomic E-state index is 11.9. The molecular formula is C23H23NO2. The van der Waals surface area contributed by atoms with Crippen molar-refractivity contribution in [3.05, 3.63) is 72.3 Å². The van der Waals surface area contributed by atoms with Crippen molar-refractivity contribution in [3.63, 3.8) is 0 Å². The van der Waals surface area contributed by atoms with Crippen LogP contribution in [-0.2, 0) is 9.53 Å². The van der Waals surface area contributed by atoms with E-state index in [9.17, 15) is 4.79 Å². The zero-order chi connectivity index (χ0) is 18.4. The predicted molar refractivity (Wildman–Crippen MR) is 109 cm³/mol. The Morgan fingerprint density at radius 3 is 2.62 bits per heavy atom. The molecule has 0 aliphatic heterocycles. The third kappa shape index (κ3) is 3.94. The largest absolute Gasteiger partial charge is 0.463 e. The Bertz CT molecular complexity index is 944. The molecule has 0 heterocycles. The SMILES string of the molecule is CCCCOC(=O)/C=C/c1ccc2ccccc2c1-c1ccccc1N. The monoisotopic (exact) mass is 345 g/mol. The van der Waals surface area contributed by atoms with E-state index < -0.39 is 0 Å². The number of carbonyl (C=O) groups excluding carboxylic acids is 1. The highest BCUT2D eigenvalue weighted by molar-refractivity contribution is 6.04. The van der Waals surface area contributed by atoms with Crippen LogP contribution in [0.15, 0.2) is 66.7 Å². The van der Waals surface area contributed by atoms with Gasteiger partial charge >= 0.3 is 5.97 Å². The fourth-order valence-electron chi connectivity index (χ4n) is 2.98. The molecule has 3 aromatic rings. The van der Waals surface area contributed by atoms with E-state index in [2.05, 4.69) is 25.1 Å². The Hall–Kier alpha value is -3.07. The fourth-order valence-corrected chi connectivity index (χ4v) is 2.98. The molecule has 2 N–H and O–H groups in total. The molecule has 0 bridgehead atoms. The maximum atomic E-state index is 11.9. The van der Waals surface area contributed by atoms with Crippen LogP contribution in [0.5, 0.6) is 0 Å². The van der Waals surface area contributed by atoms with Gasteiger partial charge in [0.1, 0.15) is 0 Å². The molecule has 26 heavy (non-hydrogen) atoms. The number of hydrogen-bond donors (Lipinski definition) is 1. The number of nitrogen functional groups attached to an aromatic ring is 1. The van der Waals surface area contributed by atoms with Gasteiger partial charge in [0.15, 0.2) is 0 Å². The van der Waals surface area contributed by atoms with Gasteiger partial charge in [-0.2, -0.15) is 0 Å². The van der Waals surface area contributed by atoms with Gasteiger partial charge in [-0.15, -0.1) is 0 Å². The second-order valence-corrected chi connectivity index (χ2v) is 6.19. The smallest absolute Gasteiger partial charge is 0.330 e. The van der Waals surface area contributed by atoms with E-state index in [4.69, 9.17) is 10.5 Å². The molecular weight excluding hydrogens is 322 g/mol. The zero-order valence-electron chi connectivity index (χ0n) is 14.9. The Labute approximate surface area is 154 Å². The number of anilines is 1. The first-order valence-corrected chi connectivity index (χ1v) is 8.92. The minimum Gasteiger partial charge on any atom is -0.463 e. The van der Waals surface area contributed by atoms with Gasteiger partial charge in [-0.05, 0) is 40.5 Å². The second kappa shape index (κ2) is 8.34. The topological polar surface area (TPSA) is 52.3 Å². The van der Waals surface area contributed by atoms with Crippen LogP contribution >= 0.6 is 0 Å². The van der Waals surface area contributed by atoms with E-state index in [-0.39, 0.29) is 5.97 Å². The van der Waals surface area contributed by atoms with Crippen LogP contribution in [0.4, 0.5) is 5.69 Å².